The maximum absolute atomic E-state index is 6.35. The van der Waals surface area contributed by atoms with Crippen molar-refractivity contribution < 1.29 is 8.83 Å². The number of nitrogens with zero attached hydrogens (tertiary/aromatic N) is 2. The Morgan fingerprint density at radius 3 is 2.27 bits per heavy atom. The summed E-state index contributed by atoms with van der Waals surface area (Å²) in [6.45, 7) is 0. The van der Waals surface area contributed by atoms with Crippen molar-refractivity contribution in [3.8, 4) is 11.5 Å². The molecule has 0 N–H and O–H groups in total. The van der Waals surface area contributed by atoms with E-state index in [0.717, 1.165) is 72.7 Å². The summed E-state index contributed by atoms with van der Waals surface area (Å²) in [6, 6.07) is 46.3. The second kappa shape index (κ2) is 10.4. The molecule has 1 atom stereocenters. The maximum atomic E-state index is 6.35. The monoisotopic (exact) mass is 580 g/mol. The van der Waals surface area contributed by atoms with E-state index >= 15 is 0 Å². The molecule has 1 unspecified atom stereocenters. The van der Waals surface area contributed by atoms with Crippen LogP contribution in [0.25, 0.3) is 60.8 Å². The number of anilines is 2. The number of oxazole rings is 1. The Morgan fingerprint density at radius 1 is 0.622 bits per heavy atom. The largest absolute Gasteiger partial charge is 0.455 e. The quantitative estimate of drug-likeness (QED) is 0.203. The van der Waals surface area contributed by atoms with Gasteiger partial charge in [0.05, 0.1) is 6.04 Å². The van der Waals surface area contributed by atoms with E-state index in [0.29, 0.717) is 5.89 Å². The van der Waals surface area contributed by atoms with Crippen molar-refractivity contribution >= 4 is 60.8 Å². The molecule has 4 heteroatoms. The first-order valence-electron chi connectivity index (χ1n) is 15.3. The van der Waals surface area contributed by atoms with Crippen LogP contribution in [0, 0.1) is 0 Å². The van der Waals surface area contributed by atoms with Gasteiger partial charge in [0, 0.05) is 38.7 Å². The van der Waals surface area contributed by atoms with Crippen LogP contribution in [-0.2, 0) is 0 Å². The number of allylic oxidation sites excluding steroid dienone is 2. The van der Waals surface area contributed by atoms with Crippen molar-refractivity contribution in [3.63, 3.8) is 0 Å². The molecule has 1 aliphatic carbocycles. The summed E-state index contributed by atoms with van der Waals surface area (Å²) < 4.78 is 12.7. The van der Waals surface area contributed by atoms with Gasteiger partial charge >= 0.3 is 0 Å². The first kappa shape index (κ1) is 25.6. The molecule has 2 heterocycles. The molecule has 9 rings (SSSR count). The molecule has 0 saturated heterocycles. The molecule has 0 aliphatic heterocycles. The highest BCUT2D eigenvalue weighted by Crippen LogP contribution is 2.39. The zero-order valence-electron chi connectivity index (χ0n) is 24.4. The van der Waals surface area contributed by atoms with Gasteiger partial charge in [0.1, 0.15) is 16.7 Å². The number of hydrogen-bond acceptors (Lipinski definition) is 4. The zero-order valence-corrected chi connectivity index (χ0v) is 24.4. The SMILES string of the molecule is C1=CC(N(c2ccccc2)c2ccc3c(ccc4nc(-c5ccccc5)oc43)c2)CC=C1c1cccc2c1oc1ccccc12. The summed E-state index contributed by atoms with van der Waals surface area (Å²) in [7, 11) is 0. The normalized spacial score (nSPS) is 14.8. The summed E-state index contributed by atoms with van der Waals surface area (Å²) in [4.78, 5) is 7.20. The average Bonchev–Trinajstić information content (AvgIpc) is 3.72. The lowest BCUT2D eigenvalue weighted by Crippen LogP contribution is -2.30. The summed E-state index contributed by atoms with van der Waals surface area (Å²) in [5.74, 6) is 0.640. The summed E-state index contributed by atoms with van der Waals surface area (Å²) in [6.07, 6.45) is 7.76. The van der Waals surface area contributed by atoms with Crippen LogP contribution in [0.4, 0.5) is 11.4 Å². The summed E-state index contributed by atoms with van der Waals surface area (Å²) >= 11 is 0. The van der Waals surface area contributed by atoms with Gasteiger partial charge in [0.2, 0.25) is 5.89 Å². The van der Waals surface area contributed by atoms with Gasteiger partial charge in [-0.05, 0) is 72.0 Å². The van der Waals surface area contributed by atoms with Gasteiger partial charge in [-0.25, -0.2) is 4.98 Å². The van der Waals surface area contributed by atoms with E-state index in [1.165, 1.54) is 5.57 Å². The number of hydrogen-bond donors (Lipinski definition) is 0. The van der Waals surface area contributed by atoms with E-state index in [9.17, 15) is 0 Å². The van der Waals surface area contributed by atoms with Gasteiger partial charge in [-0.1, -0.05) is 97.1 Å². The highest BCUT2D eigenvalue weighted by molar-refractivity contribution is 6.09. The Hall–Kier alpha value is -5.87. The fourth-order valence-electron chi connectivity index (χ4n) is 6.65. The van der Waals surface area contributed by atoms with E-state index in [4.69, 9.17) is 13.8 Å². The van der Waals surface area contributed by atoms with Crippen LogP contribution in [0.2, 0.25) is 0 Å². The molecule has 0 amide bonds. The van der Waals surface area contributed by atoms with Gasteiger partial charge in [-0.15, -0.1) is 0 Å². The van der Waals surface area contributed by atoms with Crippen LogP contribution in [0.1, 0.15) is 12.0 Å². The van der Waals surface area contributed by atoms with Crippen LogP contribution in [0.15, 0.2) is 161 Å². The molecule has 1 aliphatic rings. The predicted molar refractivity (Wildman–Crippen MR) is 185 cm³/mol. The van der Waals surface area contributed by atoms with Crippen LogP contribution in [-0.4, -0.2) is 11.0 Å². The molecule has 8 aromatic rings. The standard InChI is InChI=1S/C41H28N2O2/c1-3-10-28(11-4-1)41-42-37-25-20-29-26-32(23-24-34(29)40(37)45-41)43(30-12-5-2-6-13-30)31-21-18-27(19-22-31)33-15-9-16-36-35-14-7-8-17-38(35)44-39(33)36/h1-21,23-26,31H,22H2. The molecule has 4 nitrogen and oxygen atoms in total. The topological polar surface area (TPSA) is 42.4 Å². The lowest BCUT2D eigenvalue weighted by atomic mass is 9.94. The third-order valence-corrected chi connectivity index (χ3v) is 8.81. The molecular formula is C41H28N2O2. The van der Waals surface area contributed by atoms with Gasteiger partial charge < -0.3 is 13.7 Å². The van der Waals surface area contributed by atoms with Gasteiger partial charge in [-0.3, -0.25) is 0 Å². The molecule has 0 spiro atoms. The lowest BCUT2D eigenvalue weighted by molar-refractivity contribution is 0.623. The number of furan rings is 1. The first-order chi connectivity index (χ1) is 22.3. The molecule has 45 heavy (non-hydrogen) atoms. The minimum Gasteiger partial charge on any atom is -0.455 e. The van der Waals surface area contributed by atoms with Gasteiger partial charge in [0.25, 0.3) is 0 Å². The van der Waals surface area contributed by atoms with E-state index in [1.54, 1.807) is 0 Å². The summed E-state index contributed by atoms with van der Waals surface area (Å²) in [5.41, 5.74) is 9.10. The second-order valence-electron chi connectivity index (χ2n) is 11.5. The molecule has 0 radical (unpaired) electrons. The van der Waals surface area contributed by atoms with Crippen molar-refractivity contribution in [2.24, 2.45) is 0 Å². The Labute approximate surface area is 260 Å². The highest BCUT2D eigenvalue weighted by atomic mass is 16.3. The number of rotatable bonds is 5. The predicted octanol–water partition coefficient (Wildman–Crippen LogP) is 11.1. The molecular weight excluding hydrogens is 552 g/mol. The first-order valence-corrected chi connectivity index (χ1v) is 15.3. The van der Waals surface area contributed by atoms with E-state index in [1.807, 2.05) is 42.5 Å². The molecule has 2 aromatic heterocycles. The highest BCUT2D eigenvalue weighted by Gasteiger charge is 2.23. The number of fused-ring (bicyclic) bond motifs is 6. The summed E-state index contributed by atoms with van der Waals surface area (Å²) in [5, 5.41) is 4.47. The fraction of sp³-hybridized carbons (Fsp3) is 0.0488. The molecule has 214 valence electrons. The van der Waals surface area contributed by atoms with E-state index in [-0.39, 0.29) is 6.04 Å². The van der Waals surface area contributed by atoms with E-state index < -0.39 is 0 Å². The Balaban J connectivity index is 1.09. The Bertz CT molecular complexity index is 2420. The Morgan fingerprint density at radius 2 is 1.42 bits per heavy atom. The van der Waals surface area contributed by atoms with Gasteiger partial charge in [-0.2, -0.15) is 0 Å². The molecule has 0 fully saturated rings. The minimum absolute atomic E-state index is 0.141. The zero-order chi connectivity index (χ0) is 29.7. The number of aromatic nitrogens is 1. The van der Waals surface area contributed by atoms with Gasteiger partial charge in [0.15, 0.2) is 5.58 Å². The van der Waals surface area contributed by atoms with Crippen LogP contribution in [0.5, 0.6) is 0 Å². The molecule has 6 aromatic carbocycles. The minimum atomic E-state index is 0.141. The van der Waals surface area contributed by atoms with Crippen molar-refractivity contribution in [3.05, 3.63) is 157 Å². The van der Waals surface area contributed by atoms with Crippen LogP contribution in [0.3, 0.4) is 0 Å². The Kier molecular flexibility index (Phi) is 5.91. The maximum Gasteiger partial charge on any atom is 0.227 e. The van der Waals surface area contributed by atoms with Crippen molar-refractivity contribution in [2.45, 2.75) is 12.5 Å². The average molecular weight is 581 g/mol. The molecule has 0 saturated carbocycles. The third-order valence-electron chi connectivity index (χ3n) is 8.81. The smallest absolute Gasteiger partial charge is 0.227 e. The fourth-order valence-corrected chi connectivity index (χ4v) is 6.65. The van der Waals surface area contributed by atoms with E-state index in [2.05, 4.69) is 114 Å². The van der Waals surface area contributed by atoms with Crippen molar-refractivity contribution in [1.82, 2.24) is 4.98 Å². The number of benzene rings is 6. The number of para-hydroxylation sites is 3. The third kappa shape index (κ3) is 4.34. The van der Waals surface area contributed by atoms with Crippen LogP contribution >= 0.6 is 0 Å². The second-order valence-corrected chi connectivity index (χ2v) is 11.5. The molecule has 0 bridgehead atoms. The van der Waals surface area contributed by atoms with Crippen LogP contribution < -0.4 is 4.90 Å². The van der Waals surface area contributed by atoms with Crippen molar-refractivity contribution in [2.75, 3.05) is 4.90 Å². The van der Waals surface area contributed by atoms with Crippen molar-refractivity contribution in [1.29, 1.82) is 0 Å². The lowest BCUT2D eigenvalue weighted by Gasteiger charge is -2.33.